The minimum atomic E-state index is 0.526. The SMILES string of the molecule is c1ccc(COc2ccc(Nc3nccc(NC4CCCCC4)n3)cc2)cc1. The molecule has 4 rings (SSSR count). The zero-order chi connectivity index (χ0) is 19.0. The Morgan fingerprint density at radius 2 is 1.68 bits per heavy atom. The smallest absolute Gasteiger partial charge is 0.229 e. The van der Waals surface area contributed by atoms with E-state index >= 15 is 0 Å². The summed E-state index contributed by atoms with van der Waals surface area (Å²) in [6.07, 6.45) is 8.17. The van der Waals surface area contributed by atoms with Crippen molar-refractivity contribution in [2.24, 2.45) is 0 Å². The molecule has 0 bridgehead atoms. The monoisotopic (exact) mass is 374 g/mol. The zero-order valence-corrected chi connectivity index (χ0v) is 16.0. The van der Waals surface area contributed by atoms with Crippen molar-refractivity contribution in [2.75, 3.05) is 10.6 Å². The van der Waals surface area contributed by atoms with E-state index in [2.05, 4.69) is 32.7 Å². The van der Waals surface area contributed by atoms with Gasteiger partial charge in [0.2, 0.25) is 5.95 Å². The van der Waals surface area contributed by atoms with Gasteiger partial charge in [0.1, 0.15) is 18.2 Å². The first-order valence-corrected chi connectivity index (χ1v) is 9.98. The third-order valence-electron chi connectivity index (χ3n) is 4.97. The van der Waals surface area contributed by atoms with Crippen LogP contribution < -0.4 is 15.4 Å². The molecule has 28 heavy (non-hydrogen) atoms. The summed E-state index contributed by atoms with van der Waals surface area (Å²) in [7, 11) is 0. The van der Waals surface area contributed by atoms with Crippen molar-refractivity contribution in [3.05, 3.63) is 72.4 Å². The van der Waals surface area contributed by atoms with Crippen molar-refractivity contribution in [3.8, 4) is 5.75 Å². The van der Waals surface area contributed by atoms with Crippen molar-refractivity contribution < 1.29 is 4.74 Å². The van der Waals surface area contributed by atoms with Gasteiger partial charge in [0.05, 0.1) is 0 Å². The summed E-state index contributed by atoms with van der Waals surface area (Å²) in [6, 6.07) is 20.5. The second kappa shape index (κ2) is 9.22. The summed E-state index contributed by atoms with van der Waals surface area (Å²) < 4.78 is 5.83. The van der Waals surface area contributed by atoms with E-state index in [0.29, 0.717) is 18.6 Å². The second-order valence-electron chi connectivity index (χ2n) is 7.17. The van der Waals surface area contributed by atoms with E-state index in [-0.39, 0.29) is 0 Å². The van der Waals surface area contributed by atoms with Crippen LogP contribution >= 0.6 is 0 Å². The molecule has 0 saturated heterocycles. The van der Waals surface area contributed by atoms with Gasteiger partial charge in [-0.2, -0.15) is 4.98 Å². The van der Waals surface area contributed by atoms with Crippen molar-refractivity contribution in [1.82, 2.24) is 9.97 Å². The van der Waals surface area contributed by atoms with E-state index in [0.717, 1.165) is 22.8 Å². The number of hydrogen-bond acceptors (Lipinski definition) is 5. The zero-order valence-electron chi connectivity index (χ0n) is 16.0. The van der Waals surface area contributed by atoms with E-state index in [1.54, 1.807) is 6.20 Å². The van der Waals surface area contributed by atoms with Crippen molar-refractivity contribution in [3.63, 3.8) is 0 Å². The molecule has 5 heteroatoms. The molecule has 0 amide bonds. The molecule has 0 aliphatic heterocycles. The molecule has 1 saturated carbocycles. The molecule has 2 aromatic carbocycles. The lowest BCUT2D eigenvalue weighted by Gasteiger charge is -2.23. The fourth-order valence-corrected chi connectivity index (χ4v) is 3.46. The summed E-state index contributed by atoms with van der Waals surface area (Å²) in [5.41, 5.74) is 2.09. The molecule has 1 aliphatic rings. The molecule has 1 heterocycles. The molecule has 1 aromatic heterocycles. The highest BCUT2D eigenvalue weighted by Crippen LogP contribution is 2.22. The van der Waals surface area contributed by atoms with Crippen molar-refractivity contribution in [1.29, 1.82) is 0 Å². The van der Waals surface area contributed by atoms with E-state index in [1.807, 2.05) is 48.5 Å². The number of hydrogen-bond donors (Lipinski definition) is 2. The maximum Gasteiger partial charge on any atom is 0.229 e. The fourth-order valence-electron chi connectivity index (χ4n) is 3.46. The predicted octanol–water partition coefficient (Wildman–Crippen LogP) is 5.54. The lowest BCUT2D eigenvalue weighted by molar-refractivity contribution is 0.306. The van der Waals surface area contributed by atoms with Crippen LogP contribution in [0.15, 0.2) is 66.9 Å². The Balaban J connectivity index is 1.33. The molecule has 2 N–H and O–H groups in total. The third kappa shape index (κ3) is 5.22. The van der Waals surface area contributed by atoms with Gasteiger partial charge in [-0.05, 0) is 48.7 Å². The van der Waals surface area contributed by atoms with Gasteiger partial charge in [0, 0.05) is 17.9 Å². The average molecular weight is 374 g/mol. The van der Waals surface area contributed by atoms with E-state index in [1.165, 1.54) is 32.1 Å². The first-order chi connectivity index (χ1) is 13.8. The Morgan fingerprint density at radius 1 is 0.893 bits per heavy atom. The molecule has 1 fully saturated rings. The standard InChI is InChI=1S/C23H26N4O/c1-3-7-18(8-4-1)17-28-21-13-11-20(12-14-21)26-23-24-16-15-22(27-23)25-19-9-5-2-6-10-19/h1,3-4,7-8,11-16,19H,2,5-6,9-10,17H2,(H2,24,25,26,27). The van der Waals surface area contributed by atoms with Crippen molar-refractivity contribution >= 4 is 17.5 Å². The number of nitrogens with zero attached hydrogens (tertiary/aromatic N) is 2. The highest BCUT2D eigenvalue weighted by Gasteiger charge is 2.13. The van der Waals surface area contributed by atoms with Gasteiger partial charge in [-0.25, -0.2) is 4.98 Å². The van der Waals surface area contributed by atoms with Crippen LogP contribution in [0.5, 0.6) is 5.75 Å². The van der Waals surface area contributed by atoms with Gasteiger partial charge in [0.25, 0.3) is 0 Å². The summed E-state index contributed by atoms with van der Waals surface area (Å²) in [5, 5.41) is 6.80. The topological polar surface area (TPSA) is 59.1 Å². The van der Waals surface area contributed by atoms with Gasteiger partial charge in [0.15, 0.2) is 0 Å². The first kappa shape index (κ1) is 18.3. The number of ether oxygens (including phenoxy) is 1. The minimum absolute atomic E-state index is 0.526. The molecule has 0 unspecified atom stereocenters. The quantitative estimate of drug-likeness (QED) is 0.568. The summed E-state index contributed by atoms with van der Waals surface area (Å²) >= 11 is 0. The molecular formula is C23H26N4O. The Labute approximate surface area is 166 Å². The average Bonchev–Trinajstić information content (AvgIpc) is 2.75. The van der Waals surface area contributed by atoms with Crippen LogP contribution in [0, 0.1) is 0 Å². The van der Waals surface area contributed by atoms with E-state index < -0.39 is 0 Å². The molecule has 0 radical (unpaired) electrons. The van der Waals surface area contributed by atoms with E-state index in [4.69, 9.17) is 4.74 Å². The van der Waals surface area contributed by atoms with E-state index in [9.17, 15) is 0 Å². The number of benzene rings is 2. The predicted molar refractivity (Wildman–Crippen MR) is 113 cm³/mol. The Hall–Kier alpha value is -3.08. The largest absolute Gasteiger partial charge is 0.489 e. The van der Waals surface area contributed by atoms with Gasteiger partial charge in [-0.1, -0.05) is 49.6 Å². The summed E-state index contributed by atoms with van der Waals surface area (Å²) in [5.74, 6) is 2.31. The number of anilines is 3. The maximum absolute atomic E-state index is 5.83. The first-order valence-electron chi connectivity index (χ1n) is 9.98. The molecule has 0 spiro atoms. The number of nitrogens with one attached hydrogen (secondary N) is 2. The molecule has 3 aromatic rings. The van der Waals surface area contributed by atoms with Crippen LogP contribution in [0.25, 0.3) is 0 Å². The highest BCUT2D eigenvalue weighted by molar-refractivity contribution is 5.56. The normalized spacial score (nSPS) is 14.4. The summed E-state index contributed by atoms with van der Waals surface area (Å²) in [4.78, 5) is 8.93. The van der Waals surface area contributed by atoms with Crippen LogP contribution in [0.2, 0.25) is 0 Å². The minimum Gasteiger partial charge on any atom is -0.489 e. The number of aromatic nitrogens is 2. The molecule has 144 valence electrons. The van der Waals surface area contributed by atoms with Crippen LogP contribution in [0.1, 0.15) is 37.7 Å². The second-order valence-corrected chi connectivity index (χ2v) is 7.17. The van der Waals surface area contributed by atoms with Crippen LogP contribution in [-0.2, 0) is 6.61 Å². The van der Waals surface area contributed by atoms with Gasteiger partial charge in [-0.15, -0.1) is 0 Å². The van der Waals surface area contributed by atoms with Crippen LogP contribution in [-0.4, -0.2) is 16.0 Å². The summed E-state index contributed by atoms with van der Waals surface area (Å²) in [6.45, 7) is 0.561. The van der Waals surface area contributed by atoms with Gasteiger partial charge < -0.3 is 15.4 Å². The Kier molecular flexibility index (Phi) is 6.02. The maximum atomic E-state index is 5.83. The lowest BCUT2D eigenvalue weighted by atomic mass is 9.95. The van der Waals surface area contributed by atoms with Gasteiger partial charge >= 0.3 is 0 Å². The third-order valence-corrected chi connectivity index (χ3v) is 4.97. The highest BCUT2D eigenvalue weighted by atomic mass is 16.5. The number of rotatable bonds is 7. The lowest BCUT2D eigenvalue weighted by Crippen LogP contribution is -2.22. The Bertz CT molecular complexity index is 861. The molecule has 5 nitrogen and oxygen atoms in total. The van der Waals surface area contributed by atoms with Crippen LogP contribution in [0.3, 0.4) is 0 Å². The molecule has 0 atom stereocenters. The molecular weight excluding hydrogens is 348 g/mol. The van der Waals surface area contributed by atoms with Gasteiger partial charge in [-0.3, -0.25) is 0 Å². The Morgan fingerprint density at radius 3 is 2.46 bits per heavy atom. The fraction of sp³-hybridized carbons (Fsp3) is 0.304. The molecule has 1 aliphatic carbocycles. The van der Waals surface area contributed by atoms with Crippen molar-refractivity contribution in [2.45, 2.75) is 44.8 Å². The van der Waals surface area contributed by atoms with Crippen LogP contribution in [0.4, 0.5) is 17.5 Å².